The Morgan fingerprint density at radius 2 is 2.19 bits per heavy atom. The molecule has 0 unspecified atom stereocenters. The first-order valence-electron chi connectivity index (χ1n) is 8.23. The second-order valence-electron chi connectivity index (χ2n) is 6.11. The molecule has 1 aromatic carbocycles. The van der Waals surface area contributed by atoms with Gasteiger partial charge in [0.2, 0.25) is 5.91 Å². The van der Waals surface area contributed by atoms with Crippen LogP contribution in [0.2, 0.25) is 5.02 Å². The van der Waals surface area contributed by atoms with Crippen LogP contribution in [0.15, 0.2) is 34.2 Å². The number of para-hydroxylation sites is 1. The summed E-state index contributed by atoms with van der Waals surface area (Å²) >= 11 is 8.92. The van der Waals surface area contributed by atoms with E-state index in [0.29, 0.717) is 15.9 Å². The van der Waals surface area contributed by atoms with Gasteiger partial charge in [0.25, 0.3) is 5.56 Å². The molecule has 0 saturated heterocycles. The number of carbonyl (C=O) groups excluding carboxylic acids is 1. The van der Waals surface area contributed by atoms with E-state index < -0.39 is 0 Å². The number of amides is 1. The van der Waals surface area contributed by atoms with Crippen molar-refractivity contribution in [2.75, 3.05) is 11.1 Å². The Morgan fingerprint density at radius 3 is 3.00 bits per heavy atom. The SMILES string of the molecule is Cn1c(SCC(=O)Nc2ccccc2Cl)nc2sc3c(c2c1=O)CCC3. The second kappa shape index (κ2) is 7.06. The van der Waals surface area contributed by atoms with Crippen LogP contribution in [0, 0.1) is 0 Å². The topological polar surface area (TPSA) is 64.0 Å². The van der Waals surface area contributed by atoms with Crippen molar-refractivity contribution in [3.8, 4) is 0 Å². The first-order valence-corrected chi connectivity index (χ1v) is 10.4. The van der Waals surface area contributed by atoms with Crippen LogP contribution < -0.4 is 10.9 Å². The molecule has 1 aliphatic rings. The van der Waals surface area contributed by atoms with E-state index in [2.05, 4.69) is 10.3 Å². The van der Waals surface area contributed by atoms with Gasteiger partial charge in [-0.1, -0.05) is 35.5 Å². The van der Waals surface area contributed by atoms with Crippen LogP contribution >= 0.6 is 34.7 Å². The van der Waals surface area contributed by atoms with E-state index in [1.165, 1.54) is 22.2 Å². The zero-order valence-corrected chi connectivity index (χ0v) is 16.4. The lowest BCUT2D eigenvalue weighted by atomic mass is 10.2. The van der Waals surface area contributed by atoms with Gasteiger partial charge in [0.05, 0.1) is 21.8 Å². The van der Waals surface area contributed by atoms with E-state index in [-0.39, 0.29) is 17.2 Å². The molecule has 0 bridgehead atoms. The maximum atomic E-state index is 12.7. The van der Waals surface area contributed by atoms with Gasteiger partial charge in [0.1, 0.15) is 4.83 Å². The Bertz CT molecular complexity index is 1070. The largest absolute Gasteiger partial charge is 0.324 e. The summed E-state index contributed by atoms with van der Waals surface area (Å²) in [7, 11) is 1.71. The van der Waals surface area contributed by atoms with Crippen molar-refractivity contribution in [1.82, 2.24) is 9.55 Å². The Labute approximate surface area is 163 Å². The lowest BCUT2D eigenvalue weighted by molar-refractivity contribution is -0.113. The van der Waals surface area contributed by atoms with Gasteiger partial charge in [0, 0.05) is 11.9 Å². The fraction of sp³-hybridized carbons (Fsp3) is 0.278. The van der Waals surface area contributed by atoms with Crippen molar-refractivity contribution < 1.29 is 4.79 Å². The van der Waals surface area contributed by atoms with Gasteiger partial charge in [-0.3, -0.25) is 14.2 Å². The highest BCUT2D eigenvalue weighted by molar-refractivity contribution is 7.99. The number of benzene rings is 1. The molecule has 0 spiro atoms. The van der Waals surface area contributed by atoms with Crippen molar-refractivity contribution in [3.05, 3.63) is 50.1 Å². The maximum absolute atomic E-state index is 12.7. The molecule has 0 radical (unpaired) electrons. The minimum Gasteiger partial charge on any atom is -0.324 e. The van der Waals surface area contributed by atoms with Gasteiger partial charge in [-0.05, 0) is 37.0 Å². The third-order valence-corrected chi connectivity index (χ3v) is 6.93. The summed E-state index contributed by atoms with van der Waals surface area (Å²) in [6, 6.07) is 7.08. The molecule has 1 N–H and O–H groups in total. The number of halogens is 1. The molecule has 4 rings (SSSR count). The fourth-order valence-corrected chi connectivity index (χ4v) is 5.37. The Morgan fingerprint density at radius 1 is 1.38 bits per heavy atom. The smallest absolute Gasteiger partial charge is 0.262 e. The lowest BCUT2D eigenvalue weighted by Crippen LogP contribution is -2.21. The summed E-state index contributed by atoms with van der Waals surface area (Å²) in [6.45, 7) is 0. The normalized spacial score (nSPS) is 13.2. The third-order valence-electron chi connectivity index (χ3n) is 4.39. The van der Waals surface area contributed by atoms with Crippen molar-refractivity contribution in [2.45, 2.75) is 24.4 Å². The maximum Gasteiger partial charge on any atom is 0.262 e. The van der Waals surface area contributed by atoms with Crippen LogP contribution in [0.3, 0.4) is 0 Å². The van der Waals surface area contributed by atoms with Gasteiger partial charge in [-0.2, -0.15) is 0 Å². The van der Waals surface area contributed by atoms with Crippen LogP contribution in [0.4, 0.5) is 5.69 Å². The number of thiophene rings is 1. The zero-order valence-electron chi connectivity index (χ0n) is 14.0. The Kier molecular flexibility index (Phi) is 4.77. The monoisotopic (exact) mass is 405 g/mol. The number of carbonyl (C=O) groups is 1. The van der Waals surface area contributed by atoms with E-state index in [9.17, 15) is 9.59 Å². The fourth-order valence-electron chi connectivity index (χ4n) is 3.11. The molecule has 2 heterocycles. The second-order valence-corrected chi connectivity index (χ2v) is 8.55. The van der Waals surface area contributed by atoms with E-state index in [1.54, 1.807) is 41.2 Å². The number of nitrogens with zero attached hydrogens (tertiary/aromatic N) is 2. The number of anilines is 1. The van der Waals surface area contributed by atoms with Gasteiger partial charge >= 0.3 is 0 Å². The highest BCUT2D eigenvalue weighted by atomic mass is 35.5. The van der Waals surface area contributed by atoms with E-state index in [0.717, 1.165) is 29.5 Å². The first kappa shape index (κ1) is 17.6. The molecule has 0 atom stereocenters. The average Bonchev–Trinajstić information content (AvgIpc) is 3.19. The molecular formula is C18H16ClN3O2S2. The van der Waals surface area contributed by atoms with Crippen molar-refractivity contribution in [1.29, 1.82) is 0 Å². The van der Waals surface area contributed by atoms with Crippen LogP contribution in [-0.4, -0.2) is 21.2 Å². The highest BCUT2D eigenvalue weighted by Gasteiger charge is 2.22. The molecule has 134 valence electrons. The summed E-state index contributed by atoms with van der Waals surface area (Å²) in [4.78, 5) is 31.7. The third kappa shape index (κ3) is 3.15. The van der Waals surface area contributed by atoms with E-state index >= 15 is 0 Å². The van der Waals surface area contributed by atoms with Gasteiger partial charge in [-0.25, -0.2) is 4.98 Å². The van der Waals surface area contributed by atoms with Gasteiger partial charge in [0.15, 0.2) is 5.16 Å². The number of fused-ring (bicyclic) bond motifs is 3. The number of aryl methyl sites for hydroxylation is 2. The van der Waals surface area contributed by atoms with Crippen LogP contribution in [0.1, 0.15) is 16.9 Å². The predicted molar refractivity (Wildman–Crippen MR) is 108 cm³/mol. The van der Waals surface area contributed by atoms with Crippen LogP contribution in [-0.2, 0) is 24.7 Å². The predicted octanol–water partition coefficient (Wildman–Crippen LogP) is 3.87. The molecule has 5 nitrogen and oxygen atoms in total. The standard InChI is InChI=1S/C18H16ClN3O2S2/c1-22-17(24)15-10-5-4-8-13(10)26-16(15)21-18(22)25-9-14(23)20-12-7-3-2-6-11(12)19/h2-3,6-7H,4-5,8-9H2,1H3,(H,20,23). The van der Waals surface area contributed by atoms with Gasteiger partial charge < -0.3 is 5.32 Å². The number of nitrogens with one attached hydrogen (secondary N) is 1. The number of hydrogen-bond donors (Lipinski definition) is 1. The number of aromatic nitrogens is 2. The summed E-state index contributed by atoms with van der Waals surface area (Å²) in [5, 5.41) is 4.58. The summed E-state index contributed by atoms with van der Waals surface area (Å²) in [5.41, 5.74) is 1.72. The summed E-state index contributed by atoms with van der Waals surface area (Å²) in [6.07, 6.45) is 3.10. The molecule has 1 amide bonds. The molecule has 2 aromatic heterocycles. The van der Waals surface area contributed by atoms with Crippen molar-refractivity contribution in [3.63, 3.8) is 0 Å². The van der Waals surface area contributed by atoms with Crippen molar-refractivity contribution in [2.24, 2.45) is 7.05 Å². The average molecular weight is 406 g/mol. The Hall–Kier alpha value is -1.83. The molecule has 1 aliphatic carbocycles. The van der Waals surface area contributed by atoms with E-state index in [4.69, 9.17) is 11.6 Å². The molecule has 26 heavy (non-hydrogen) atoms. The molecule has 8 heteroatoms. The minimum absolute atomic E-state index is 0.0246. The van der Waals surface area contributed by atoms with Crippen LogP contribution in [0.25, 0.3) is 10.2 Å². The Balaban J connectivity index is 1.54. The lowest BCUT2D eigenvalue weighted by Gasteiger charge is -2.09. The minimum atomic E-state index is -0.189. The number of hydrogen-bond acceptors (Lipinski definition) is 5. The zero-order chi connectivity index (χ0) is 18.3. The molecule has 0 saturated carbocycles. The van der Waals surface area contributed by atoms with E-state index in [1.807, 2.05) is 6.07 Å². The quantitative estimate of drug-likeness (QED) is 0.528. The van der Waals surface area contributed by atoms with Gasteiger partial charge in [-0.15, -0.1) is 11.3 Å². The number of rotatable bonds is 4. The first-order chi connectivity index (χ1) is 12.5. The highest BCUT2D eigenvalue weighted by Crippen LogP contribution is 2.35. The number of thioether (sulfide) groups is 1. The molecule has 3 aromatic rings. The van der Waals surface area contributed by atoms with Crippen LogP contribution in [0.5, 0.6) is 0 Å². The van der Waals surface area contributed by atoms with Crippen molar-refractivity contribution >= 4 is 56.5 Å². The summed E-state index contributed by atoms with van der Waals surface area (Å²) < 4.78 is 1.54. The summed E-state index contributed by atoms with van der Waals surface area (Å²) in [5.74, 6) is -0.0339. The molecule has 0 fully saturated rings. The molecule has 0 aliphatic heterocycles. The molecular weight excluding hydrogens is 390 g/mol.